The van der Waals surface area contributed by atoms with Crippen molar-refractivity contribution in [3.63, 3.8) is 0 Å². The van der Waals surface area contributed by atoms with E-state index in [1.165, 1.54) is 11.6 Å². The Hall–Kier alpha value is -3.68. The van der Waals surface area contributed by atoms with Crippen LogP contribution >= 0.6 is 0 Å². The Morgan fingerprint density at radius 2 is 2.03 bits per heavy atom. The molecule has 184 valence electrons. The van der Waals surface area contributed by atoms with Gasteiger partial charge in [0.25, 0.3) is 5.69 Å². The third-order valence-electron chi connectivity index (χ3n) is 6.85. The molecular weight excluding hydrogens is 446 g/mol. The Morgan fingerprint density at radius 3 is 2.77 bits per heavy atom. The van der Waals surface area contributed by atoms with Gasteiger partial charge in [0.2, 0.25) is 5.91 Å². The molecule has 0 spiro atoms. The summed E-state index contributed by atoms with van der Waals surface area (Å²) in [6.07, 6.45) is 4.38. The number of para-hydroxylation sites is 1. The molecule has 0 unspecified atom stereocenters. The number of nitrogens with one attached hydrogen (secondary N) is 1. The number of aromatic nitrogens is 1. The van der Waals surface area contributed by atoms with E-state index in [1.807, 2.05) is 24.4 Å². The zero-order valence-corrected chi connectivity index (χ0v) is 20.2. The summed E-state index contributed by atoms with van der Waals surface area (Å²) in [4.78, 5) is 41.9. The van der Waals surface area contributed by atoms with Crippen molar-refractivity contribution in [1.29, 1.82) is 0 Å². The van der Waals surface area contributed by atoms with Gasteiger partial charge >= 0.3 is 5.97 Å². The average Bonchev–Trinajstić information content (AvgIpc) is 3.31. The lowest BCUT2D eigenvalue weighted by Gasteiger charge is -2.32. The number of benzene rings is 2. The predicted molar refractivity (Wildman–Crippen MR) is 133 cm³/mol. The first-order chi connectivity index (χ1) is 16.9. The molecule has 1 N–H and O–H groups in total. The fraction of sp³-hybridized carbons (Fsp3) is 0.407. The maximum Gasteiger partial charge on any atom is 0.310 e. The van der Waals surface area contributed by atoms with Crippen LogP contribution in [0.4, 0.5) is 5.69 Å². The summed E-state index contributed by atoms with van der Waals surface area (Å²) in [7, 11) is 0. The third kappa shape index (κ3) is 5.21. The number of fused-ring (bicyclic) bond motifs is 1. The molecule has 1 aromatic heterocycles. The van der Waals surface area contributed by atoms with E-state index in [4.69, 9.17) is 4.74 Å². The summed E-state index contributed by atoms with van der Waals surface area (Å²) in [6.45, 7) is 5.11. The van der Waals surface area contributed by atoms with Gasteiger partial charge in [0, 0.05) is 54.7 Å². The standard InChI is InChI=1S/C27H31N3O5/c1-3-18-8-6-12-22-24(16-28-26(18)22)23(19-9-5-11-21(14-19)30(33)34)15-25(31)29-13-7-10-20(17-29)27(32)35-4-2/h5-6,8-9,11-12,14,16,20,23,28H,3-4,7,10,13,15,17H2,1-2H3/t20-,23+/m0/s1. The van der Waals surface area contributed by atoms with Crippen molar-refractivity contribution in [2.45, 2.75) is 45.4 Å². The zero-order valence-electron chi connectivity index (χ0n) is 20.2. The Labute approximate surface area is 204 Å². The lowest BCUT2D eigenvalue weighted by atomic mass is 9.86. The number of piperidine rings is 1. The second kappa shape index (κ2) is 10.7. The van der Waals surface area contributed by atoms with E-state index in [0.717, 1.165) is 29.3 Å². The van der Waals surface area contributed by atoms with E-state index in [-0.39, 0.29) is 35.8 Å². The number of aromatic amines is 1. The van der Waals surface area contributed by atoms with Gasteiger partial charge in [0.1, 0.15) is 0 Å². The molecule has 1 fully saturated rings. The number of esters is 1. The maximum absolute atomic E-state index is 13.5. The number of aryl methyl sites for hydroxylation is 1. The Bertz CT molecular complexity index is 1230. The molecular formula is C27H31N3O5. The van der Waals surface area contributed by atoms with Crippen LogP contribution in [0, 0.1) is 16.0 Å². The maximum atomic E-state index is 13.5. The van der Waals surface area contributed by atoms with Crippen molar-refractivity contribution in [2.24, 2.45) is 5.92 Å². The molecule has 0 bridgehead atoms. The summed E-state index contributed by atoms with van der Waals surface area (Å²) in [5, 5.41) is 12.5. The van der Waals surface area contributed by atoms with E-state index in [0.29, 0.717) is 31.7 Å². The molecule has 0 aliphatic carbocycles. The molecule has 0 radical (unpaired) electrons. The minimum atomic E-state index is -0.415. The third-order valence-corrected chi connectivity index (χ3v) is 6.85. The lowest BCUT2D eigenvalue weighted by Crippen LogP contribution is -2.43. The van der Waals surface area contributed by atoms with Crippen LogP contribution in [0.1, 0.15) is 55.7 Å². The normalized spacial score (nSPS) is 16.7. The van der Waals surface area contributed by atoms with Gasteiger partial charge in [-0.3, -0.25) is 19.7 Å². The topological polar surface area (TPSA) is 106 Å². The minimum absolute atomic E-state index is 0.00520. The van der Waals surface area contributed by atoms with Crippen molar-refractivity contribution in [1.82, 2.24) is 9.88 Å². The molecule has 2 aromatic carbocycles. The highest BCUT2D eigenvalue weighted by atomic mass is 16.6. The van der Waals surface area contributed by atoms with Crippen molar-refractivity contribution in [3.8, 4) is 0 Å². The van der Waals surface area contributed by atoms with Crippen LogP contribution < -0.4 is 0 Å². The first-order valence-electron chi connectivity index (χ1n) is 12.2. The van der Waals surface area contributed by atoms with Gasteiger partial charge in [0.15, 0.2) is 0 Å². The highest BCUT2D eigenvalue weighted by Crippen LogP contribution is 2.36. The molecule has 4 rings (SSSR count). The van der Waals surface area contributed by atoms with Gasteiger partial charge in [-0.05, 0) is 42.9 Å². The van der Waals surface area contributed by atoms with E-state index >= 15 is 0 Å². The van der Waals surface area contributed by atoms with Gasteiger partial charge in [-0.25, -0.2) is 0 Å². The van der Waals surface area contributed by atoms with Gasteiger partial charge in [0.05, 0.1) is 17.4 Å². The van der Waals surface area contributed by atoms with Gasteiger partial charge in [-0.2, -0.15) is 0 Å². The number of rotatable bonds is 8. The quantitative estimate of drug-likeness (QED) is 0.280. The molecule has 1 saturated heterocycles. The lowest BCUT2D eigenvalue weighted by molar-refractivity contribution is -0.384. The van der Waals surface area contributed by atoms with E-state index < -0.39 is 4.92 Å². The molecule has 1 aliphatic rings. The Morgan fingerprint density at radius 1 is 1.23 bits per heavy atom. The number of hydrogen-bond acceptors (Lipinski definition) is 5. The van der Waals surface area contributed by atoms with E-state index in [9.17, 15) is 19.7 Å². The number of ether oxygens (including phenoxy) is 1. The van der Waals surface area contributed by atoms with Crippen LogP contribution in [0.5, 0.6) is 0 Å². The van der Waals surface area contributed by atoms with Crippen LogP contribution in [0.3, 0.4) is 0 Å². The summed E-state index contributed by atoms with van der Waals surface area (Å²) in [5.41, 5.74) is 3.84. The molecule has 2 heterocycles. The van der Waals surface area contributed by atoms with Crippen LogP contribution in [0.15, 0.2) is 48.7 Å². The smallest absolute Gasteiger partial charge is 0.310 e. The SMILES string of the molecule is CCOC(=O)[C@H]1CCCN(C(=O)C[C@H](c2cccc([N+](=O)[O-])c2)c2c[nH]c3c(CC)cccc23)C1. The summed E-state index contributed by atoms with van der Waals surface area (Å²) < 4.78 is 5.18. The second-order valence-electron chi connectivity index (χ2n) is 8.98. The number of likely N-dealkylation sites (tertiary alicyclic amines) is 1. The summed E-state index contributed by atoms with van der Waals surface area (Å²) in [5.74, 6) is -1.02. The first-order valence-corrected chi connectivity index (χ1v) is 12.2. The van der Waals surface area contributed by atoms with E-state index in [1.54, 1.807) is 24.0 Å². The minimum Gasteiger partial charge on any atom is -0.466 e. The molecule has 35 heavy (non-hydrogen) atoms. The number of amides is 1. The van der Waals surface area contributed by atoms with Crippen molar-refractivity contribution in [3.05, 3.63) is 75.5 Å². The van der Waals surface area contributed by atoms with Crippen LogP contribution in [-0.2, 0) is 20.7 Å². The van der Waals surface area contributed by atoms with E-state index in [2.05, 4.69) is 18.0 Å². The summed E-state index contributed by atoms with van der Waals surface area (Å²) >= 11 is 0. The molecule has 8 nitrogen and oxygen atoms in total. The monoisotopic (exact) mass is 477 g/mol. The van der Waals surface area contributed by atoms with Gasteiger partial charge < -0.3 is 14.6 Å². The number of hydrogen-bond donors (Lipinski definition) is 1. The fourth-order valence-electron chi connectivity index (χ4n) is 5.04. The largest absolute Gasteiger partial charge is 0.466 e. The van der Waals surface area contributed by atoms with Crippen LogP contribution in [0.2, 0.25) is 0 Å². The fourth-order valence-corrected chi connectivity index (χ4v) is 5.04. The second-order valence-corrected chi connectivity index (χ2v) is 8.98. The molecule has 8 heteroatoms. The highest BCUT2D eigenvalue weighted by molar-refractivity contribution is 5.88. The molecule has 1 amide bonds. The number of carbonyl (C=O) groups excluding carboxylic acids is 2. The predicted octanol–water partition coefficient (Wildman–Crippen LogP) is 4.96. The van der Waals surface area contributed by atoms with Gasteiger partial charge in [-0.1, -0.05) is 37.3 Å². The van der Waals surface area contributed by atoms with Crippen LogP contribution in [0.25, 0.3) is 10.9 Å². The number of H-pyrrole nitrogens is 1. The number of non-ortho nitro benzene ring substituents is 1. The van der Waals surface area contributed by atoms with Crippen molar-refractivity contribution in [2.75, 3.05) is 19.7 Å². The van der Waals surface area contributed by atoms with Gasteiger partial charge in [-0.15, -0.1) is 0 Å². The average molecular weight is 478 g/mol. The number of nitro groups is 1. The molecule has 2 atom stereocenters. The highest BCUT2D eigenvalue weighted by Gasteiger charge is 2.31. The molecule has 0 saturated carbocycles. The van der Waals surface area contributed by atoms with Crippen molar-refractivity contribution >= 4 is 28.5 Å². The molecule has 3 aromatic rings. The number of nitro benzene ring substituents is 1. The Balaban J connectivity index is 1.68. The summed E-state index contributed by atoms with van der Waals surface area (Å²) in [6, 6.07) is 12.6. The number of carbonyl (C=O) groups is 2. The zero-order chi connectivity index (χ0) is 24.9. The number of nitrogens with zero attached hydrogens (tertiary/aromatic N) is 2. The van der Waals surface area contributed by atoms with Crippen molar-refractivity contribution < 1.29 is 19.2 Å². The first kappa shape index (κ1) is 24.4. The molecule has 1 aliphatic heterocycles. The Kier molecular flexibility index (Phi) is 7.48. The van der Waals surface area contributed by atoms with Crippen LogP contribution in [-0.4, -0.2) is 46.4 Å².